The lowest BCUT2D eigenvalue weighted by molar-refractivity contribution is -0.153. The molecule has 1 fully saturated rings. The van der Waals surface area contributed by atoms with Crippen molar-refractivity contribution in [3.63, 3.8) is 0 Å². The summed E-state index contributed by atoms with van der Waals surface area (Å²) in [6.45, 7) is 8.15. The largest absolute Gasteiger partial charge is 0.489 e. The van der Waals surface area contributed by atoms with Crippen molar-refractivity contribution in [1.29, 1.82) is 0 Å². The number of fused-ring (bicyclic) bond motifs is 5. The molecule has 1 saturated carbocycles. The van der Waals surface area contributed by atoms with Crippen molar-refractivity contribution in [3.05, 3.63) is 76.9 Å². The Labute approximate surface area is 242 Å². The molecule has 41 heavy (non-hydrogen) atoms. The van der Waals surface area contributed by atoms with Crippen molar-refractivity contribution in [3.8, 4) is 5.75 Å². The smallest absolute Gasteiger partial charge is 0.412 e. The summed E-state index contributed by atoms with van der Waals surface area (Å²) in [7, 11) is 0. The van der Waals surface area contributed by atoms with E-state index in [9.17, 15) is 18.0 Å². The van der Waals surface area contributed by atoms with E-state index < -0.39 is 17.0 Å². The molecule has 3 aliphatic carbocycles. The Kier molecular flexibility index (Phi) is 8.33. The molecule has 0 aromatic heterocycles. The van der Waals surface area contributed by atoms with Gasteiger partial charge in [-0.25, -0.2) is 0 Å². The van der Waals surface area contributed by atoms with Gasteiger partial charge in [-0.2, -0.15) is 13.2 Å². The first kappa shape index (κ1) is 29.7. The monoisotopic (exact) mass is 568 g/mol. The van der Waals surface area contributed by atoms with Gasteiger partial charge in [-0.3, -0.25) is 4.79 Å². The van der Waals surface area contributed by atoms with Gasteiger partial charge in [0.25, 0.3) is 0 Å². The number of esters is 1. The molecule has 5 rings (SSSR count). The number of rotatable bonds is 8. The van der Waals surface area contributed by atoms with E-state index in [4.69, 9.17) is 9.47 Å². The average molecular weight is 569 g/mol. The van der Waals surface area contributed by atoms with E-state index in [0.29, 0.717) is 32.5 Å². The van der Waals surface area contributed by atoms with Crippen LogP contribution in [-0.2, 0) is 22.6 Å². The van der Waals surface area contributed by atoms with Crippen LogP contribution in [0.1, 0.15) is 88.8 Å². The second kappa shape index (κ2) is 11.5. The van der Waals surface area contributed by atoms with Gasteiger partial charge in [-0.1, -0.05) is 49.4 Å². The minimum Gasteiger partial charge on any atom is -0.489 e. The zero-order chi connectivity index (χ0) is 29.4. The van der Waals surface area contributed by atoms with E-state index in [1.165, 1.54) is 11.1 Å². The molecular weight excluding hydrogens is 525 g/mol. The highest BCUT2D eigenvalue weighted by molar-refractivity contribution is 5.75. The molecule has 3 aliphatic rings. The summed E-state index contributed by atoms with van der Waals surface area (Å²) in [4.78, 5) is 12.1. The Morgan fingerprint density at radius 1 is 1.02 bits per heavy atom. The van der Waals surface area contributed by atoms with Crippen molar-refractivity contribution in [2.24, 2.45) is 28.6 Å². The fourth-order valence-electron chi connectivity index (χ4n) is 7.80. The quantitative estimate of drug-likeness (QED) is 0.181. The van der Waals surface area contributed by atoms with Crippen LogP contribution in [0.4, 0.5) is 13.2 Å². The van der Waals surface area contributed by atoms with Gasteiger partial charge in [-0.15, -0.1) is 0 Å². The number of carbonyl (C=O) groups excluding carboxylic acids is 1. The Hall–Kier alpha value is -2.76. The first-order valence-corrected chi connectivity index (χ1v) is 15.1. The lowest BCUT2D eigenvalue weighted by Crippen LogP contribution is -2.45. The van der Waals surface area contributed by atoms with Crippen molar-refractivity contribution in [2.75, 3.05) is 6.61 Å². The number of hydrogen-bond acceptors (Lipinski definition) is 3. The van der Waals surface area contributed by atoms with E-state index in [1.807, 2.05) is 64.1 Å². The summed E-state index contributed by atoms with van der Waals surface area (Å²) in [5.74, 6) is 0.955. The summed E-state index contributed by atoms with van der Waals surface area (Å²) >= 11 is 0. The van der Waals surface area contributed by atoms with E-state index in [0.717, 1.165) is 37.0 Å². The van der Waals surface area contributed by atoms with Crippen molar-refractivity contribution >= 4 is 5.97 Å². The number of aryl methyl sites for hydroxylation is 1. The third kappa shape index (κ3) is 6.22. The number of hydrogen-bond donors (Lipinski definition) is 0. The molecule has 0 heterocycles. The lowest BCUT2D eigenvalue weighted by atomic mass is 9.52. The molecule has 0 saturated heterocycles. The van der Waals surface area contributed by atoms with Crippen LogP contribution in [0, 0.1) is 28.6 Å². The predicted octanol–water partition coefficient (Wildman–Crippen LogP) is 9.21. The van der Waals surface area contributed by atoms with Crippen molar-refractivity contribution in [2.45, 2.75) is 91.3 Å². The molecule has 2 aromatic carbocycles. The van der Waals surface area contributed by atoms with Gasteiger partial charge >= 0.3 is 12.1 Å². The van der Waals surface area contributed by atoms with Gasteiger partial charge < -0.3 is 9.47 Å². The zero-order valence-corrected chi connectivity index (χ0v) is 24.7. The van der Waals surface area contributed by atoms with E-state index >= 15 is 0 Å². The van der Waals surface area contributed by atoms with Crippen molar-refractivity contribution < 1.29 is 27.4 Å². The van der Waals surface area contributed by atoms with Crippen LogP contribution in [0.5, 0.6) is 5.75 Å². The van der Waals surface area contributed by atoms with Crippen LogP contribution in [0.15, 0.2) is 60.2 Å². The van der Waals surface area contributed by atoms with Gasteiger partial charge in [0.1, 0.15) is 12.4 Å². The van der Waals surface area contributed by atoms with Crippen LogP contribution in [0.3, 0.4) is 0 Å². The van der Waals surface area contributed by atoms with Gasteiger partial charge in [0.15, 0.2) is 0 Å². The first-order chi connectivity index (χ1) is 19.4. The molecule has 3 unspecified atom stereocenters. The maximum Gasteiger partial charge on any atom is 0.412 e. The molecule has 0 radical (unpaired) electrons. The molecule has 0 spiro atoms. The third-order valence-electron chi connectivity index (χ3n) is 9.74. The number of halogens is 3. The van der Waals surface area contributed by atoms with Gasteiger partial charge in [0.2, 0.25) is 0 Å². The molecule has 6 heteroatoms. The Balaban J connectivity index is 1.29. The Bertz CT molecular complexity index is 1260. The van der Waals surface area contributed by atoms with Crippen molar-refractivity contribution in [1.82, 2.24) is 0 Å². The number of allylic oxidation sites excluding steroid dienone is 2. The minimum atomic E-state index is -4.31. The lowest BCUT2D eigenvalue weighted by Gasteiger charge is -2.52. The third-order valence-corrected chi connectivity index (χ3v) is 9.74. The standard InChI is InChI=1S/C35H43F3O3/c1-33(2,3)32(39)40-19-9-8-12-25-21-30(35(36,37)38)34(4)18-17-28-27-16-14-26(41-22-23-10-6-5-7-11-23)20-24(27)13-15-29(28)31(25)34/h5-7,10-11,14,16,20-21,25,28-29,31H,8-9,12-13,15,17-19,22H2,1-4H3/t25-,28?,29?,31?,34-/m1/s1. The molecule has 2 aromatic rings. The molecule has 0 N–H and O–H groups in total. The number of ether oxygens (including phenoxy) is 2. The maximum absolute atomic E-state index is 14.4. The number of alkyl halides is 3. The fraction of sp³-hybridized carbons (Fsp3) is 0.571. The molecule has 0 amide bonds. The van der Waals surface area contributed by atoms with E-state index in [-0.39, 0.29) is 35.2 Å². The SMILES string of the molecule is CC(C)(C)C(=O)OCCCC[C@@H]1C=C(C(F)(F)F)[C@@]2(C)CCC3c4ccc(OCc5ccccc5)cc4CCC3C12. The van der Waals surface area contributed by atoms with Gasteiger partial charge in [0, 0.05) is 11.0 Å². The van der Waals surface area contributed by atoms with Crippen LogP contribution >= 0.6 is 0 Å². The average Bonchev–Trinajstić information content (AvgIpc) is 3.24. The normalized spacial score (nSPS) is 27.3. The highest BCUT2D eigenvalue weighted by Crippen LogP contribution is 2.65. The number of benzene rings is 2. The summed E-state index contributed by atoms with van der Waals surface area (Å²) in [6, 6.07) is 16.4. The molecule has 222 valence electrons. The zero-order valence-electron chi connectivity index (χ0n) is 24.7. The van der Waals surface area contributed by atoms with Crippen LogP contribution in [-0.4, -0.2) is 18.8 Å². The maximum atomic E-state index is 14.4. The van der Waals surface area contributed by atoms with Crippen LogP contribution in [0.2, 0.25) is 0 Å². The predicted molar refractivity (Wildman–Crippen MR) is 154 cm³/mol. The molecule has 0 bridgehead atoms. The number of carbonyl (C=O) groups is 1. The Morgan fingerprint density at radius 2 is 1.78 bits per heavy atom. The number of unbranched alkanes of at least 4 members (excludes halogenated alkanes) is 1. The summed E-state index contributed by atoms with van der Waals surface area (Å²) in [5, 5.41) is 0. The first-order valence-electron chi connectivity index (χ1n) is 15.1. The minimum absolute atomic E-state index is 0.0304. The highest BCUT2D eigenvalue weighted by atomic mass is 19.4. The van der Waals surface area contributed by atoms with E-state index in [2.05, 4.69) is 12.1 Å². The molecule has 0 aliphatic heterocycles. The molecular formula is C35H43F3O3. The second-order valence-corrected chi connectivity index (χ2v) is 13.5. The van der Waals surface area contributed by atoms with E-state index in [1.54, 1.807) is 6.08 Å². The second-order valence-electron chi connectivity index (χ2n) is 13.5. The Morgan fingerprint density at radius 3 is 2.49 bits per heavy atom. The summed E-state index contributed by atoms with van der Waals surface area (Å²) in [6.07, 6.45) is 2.45. The fourth-order valence-corrected chi connectivity index (χ4v) is 7.80. The highest BCUT2D eigenvalue weighted by Gasteiger charge is 2.60. The molecule has 5 atom stereocenters. The summed E-state index contributed by atoms with van der Waals surface area (Å²) < 4.78 is 54.6. The van der Waals surface area contributed by atoms with Gasteiger partial charge in [0.05, 0.1) is 12.0 Å². The topological polar surface area (TPSA) is 35.5 Å². The van der Waals surface area contributed by atoms with Crippen LogP contribution in [0.25, 0.3) is 0 Å². The van der Waals surface area contributed by atoms with Crippen LogP contribution < -0.4 is 4.74 Å². The molecule has 3 nitrogen and oxygen atoms in total. The summed E-state index contributed by atoms with van der Waals surface area (Å²) in [5.41, 5.74) is 1.97. The van der Waals surface area contributed by atoms with Gasteiger partial charge in [-0.05, 0) is 118 Å².